The van der Waals surface area contributed by atoms with Crippen LogP contribution in [0.5, 0.6) is 0 Å². The molecule has 3 heterocycles. The topological polar surface area (TPSA) is 129 Å². The normalized spacial score (nSPS) is 13.8. The summed E-state index contributed by atoms with van der Waals surface area (Å²) in [6, 6.07) is 13.5. The van der Waals surface area contributed by atoms with E-state index in [0.717, 1.165) is 38.4 Å². The number of amides is 1. The van der Waals surface area contributed by atoms with Crippen molar-refractivity contribution in [3.05, 3.63) is 78.4 Å². The van der Waals surface area contributed by atoms with Crippen LogP contribution in [0.1, 0.15) is 15.9 Å². The molecule has 3 aromatic rings. The van der Waals surface area contributed by atoms with E-state index < -0.39 is 24.3 Å². The zero-order valence-electron chi connectivity index (χ0n) is 20.5. The summed E-state index contributed by atoms with van der Waals surface area (Å²) in [5.74, 6) is -5.45. The molecule has 10 nitrogen and oxygen atoms in total. The number of nitrogens with zero attached hydrogens (tertiary/aromatic N) is 5. The van der Waals surface area contributed by atoms with Crippen LogP contribution in [0.25, 0.3) is 5.69 Å². The third kappa shape index (κ3) is 10.0. The van der Waals surface area contributed by atoms with Crippen molar-refractivity contribution in [2.45, 2.75) is 18.9 Å². The Bertz CT molecular complexity index is 1220. The first-order chi connectivity index (χ1) is 18.7. The predicted molar refractivity (Wildman–Crippen MR) is 126 cm³/mol. The van der Waals surface area contributed by atoms with Crippen molar-refractivity contribution in [3.63, 3.8) is 0 Å². The molecule has 1 saturated heterocycles. The van der Waals surface area contributed by atoms with Crippen molar-refractivity contribution in [1.82, 2.24) is 24.6 Å². The summed E-state index contributed by atoms with van der Waals surface area (Å²) in [5, 5.41) is 18.5. The summed E-state index contributed by atoms with van der Waals surface area (Å²) in [5.41, 5.74) is 2.72. The van der Waals surface area contributed by atoms with Gasteiger partial charge in [0.1, 0.15) is 0 Å². The average Bonchev–Trinajstić information content (AvgIpc) is 3.44. The molecule has 216 valence electrons. The van der Waals surface area contributed by atoms with Crippen LogP contribution in [-0.4, -0.2) is 91.2 Å². The minimum Gasteiger partial charge on any atom is -0.475 e. The molecule has 1 aromatic carbocycles. The number of aromatic nitrogens is 3. The highest BCUT2D eigenvalue weighted by Gasteiger charge is 2.38. The number of carboxylic acids is 2. The maximum absolute atomic E-state index is 13.0. The lowest BCUT2D eigenvalue weighted by atomic mass is 10.1. The number of aliphatic carboxylic acids is 2. The van der Waals surface area contributed by atoms with E-state index in [1.54, 1.807) is 17.1 Å². The highest BCUT2D eigenvalue weighted by Crippen LogP contribution is 2.18. The Labute approximate surface area is 223 Å². The minimum absolute atomic E-state index is 0.0668. The van der Waals surface area contributed by atoms with Gasteiger partial charge in [-0.05, 0) is 29.8 Å². The lowest BCUT2D eigenvalue weighted by Crippen LogP contribution is -2.48. The zero-order valence-corrected chi connectivity index (χ0v) is 20.5. The number of rotatable bonds is 4. The summed E-state index contributed by atoms with van der Waals surface area (Å²) >= 11 is 0. The lowest BCUT2D eigenvalue weighted by molar-refractivity contribution is -0.193. The van der Waals surface area contributed by atoms with Crippen molar-refractivity contribution in [2.24, 2.45) is 0 Å². The number of para-hydroxylation sites is 1. The molecular formula is C24H23F6N5O5. The van der Waals surface area contributed by atoms with Gasteiger partial charge >= 0.3 is 24.3 Å². The Morgan fingerprint density at radius 2 is 1.38 bits per heavy atom. The standard InChI is InChI=1S/C20H21N5O.2C2HF3O2/c26-20(18-6-1-2-7-19(18)25-10-4-9-22-25)24-13-11-23(12-14-24)16-17-5-3-8-21-15-17;2*3-2(4,5)1(6)7/h1-10,15H,11-14,16H2;2*(H,6,7). The molecule has 0 unspecified atom stereocenters. The van der Waals surface area contributed by atoms with Gasteiger partial charge in [0.05, 0.1) is 11.3 Å². The molecule has 40 heavy (non-hydrogen) atoms. The van der Waals surface area contributed by atoms with Gasteiger partial charge < -0.3 is 15.1 Å². The molecule has 4 rings (SSSR count). The van der Waals surface area contributed by atoms with E-state index >= 15 is 0 Å². The van der Waals surface area contributed by atoms with Gasteiger partial charge in [0, 0.05) is 57.5 Å². The second-order valence-electron chi connectivity index (χ2n) is 8.00. The van der Waals surface area contributed by atoms with Crippen molar-refractivity contribution in [2.75, 3.05) is 26.2 Å². The van der Waals surface area contributed by atoms with Gasteiger partial charge in [-0.2, -0.15) is 31.4 Å². The minimum atomic E-state index is -5.08. The molecule has 0 aliphatic carbocycles. The first kappa shape index (κ1) is 31.7. The van der Waals surface area contributed by atoms with Gasteiger partial charge in [-0.1, -0.05) is 18.2 Å². The molecule has 2 N–H and O–H groups in total. The molecule has 0 bridgehead atoms. The van der Waals surface area contributed by atoms with E-state index in [2.05, 4.69) is 21.0 Å². The van der Waals surface area contributed by atoms with E-state index in [4.69, 9.17) is 19.8 Å². The SMILES string of the molecule is O=C(O)C(F)(F)F.O=C(O)C(F)(F)F.O=C(c1ccccc1-n1cccn1)N1CCN(Cc2cccnc2)CC1. The summed E-state index contributed by atoms with van der Waals surface area (Å²) < 4.78 is 65.2. The van der Waals surface area contributed by atoms with Gasteiger partial charge in [-0.3, -0.25) is 14.7 Å². The van der Waals surface area contributed by atoms with Crippen LogP contribution in [0.4, 0.5) is 26.3 Å². The monoisotopic (exact) mass is 575 g/mol. The van der Waals surface area contributed by atoms with Crippen molar-refractivity contribution in [3.8, 4) is 5.69 Å². The largest absolute Gasteiger partial charge is 0.490 e. The fourth-order valence-electron chi connectivity index (χ4n) is 3.29. The molecule has 0 saturated carbocycles. The van der Waals surface area contributed by atoms with E-state index in [9.17, 15) is 31.1 Å². The Balaban J connectivity index is 0.000000333. The maximum Gasteiger partial charge on any atom is 0.490 e. The molecular weight excluding hydrogens is 552 g/mol. The second kappa shape index (κ2) is 14.1. The van der Waals surface area contributed by atoms with Crippen molar-refractivity contribution in [1.29, 1.82) is 0 Å². The van der Waals surface area contributed by atoms with Gasteiger partial charge in [0.2, 0.25) is 0 Å². The highest BCUT2D eigenvalue weighted by atomic mass is 19.4. The smallest absolute Gasteiger partial charge is 0.475 e. The molecule has 0 atom stereocenters. The molecule has 0 radical (unpaired) electrons. The molecule has 1 fully saturated rings. The molecule has 1 aliphatic heterocycles. The molecule has 1 amide bonds. The summed E-state index contributed by atoms with van der Waals surface area (Å²) in [7, 11) is 0. The average molecular weight is 575 g/mol. The first-order valence-electron chi connectivity index (χ1n) is 11.3. The number of hydrogen-bond acceptors (Lipinski definition) is 6. The Kier molecular flexibility index (Phi) is 11.2. The maximum atomic E-state index is 13.0. The zero-order chi connectivity index (χ0) is 29.9. The quantitative estimate of drug-likeness (QED) is 0.453. The van der Waals surface area contributed by atoms with Gasteiger partial charge in [0.15, 0.2) is 0 Å². The third-order valence-electron chi connectivity index (χ3n) is 5.16. The molecule has 1 aliphatic rings. The van der Waals surface area contributed by atoms with Crippen LogP contribution in [0.2, 0.25) is 0 Å². The second-order valence-corrected chi connectivity index (χ2v) is 8.00. The fourth-order valence-corrected chi connectivity index (χ4v) is 3.29. The third-order valence-corrected chi connectivity index (χ3v) is 5.16. The van der Waals surface area contributed by atoms with Crippen LogP contribution in [0.15, 0.2) is 67.3 Å². The predicted octanol–water partition coefficient (Wildman–Crippen LogP) is 3.49. The number of alkyl halides is 6. The van der Waals surface area contributed by atoms with Crippen molar-refractivity contribution < 1.29 is 50.9 Å². The number of carbonyl (C=O) groups is 3. The number of benzene rings is 1. The van der Waals surface area contributed by atoms with Crippen LogP contribution < -0.4 is 0 Å². The Hall–Kier alpha value is -4.47. The molecule has 16 heteroatoms. The first-order valence-corrected chi connectivity index (χ1v) is 11.3. The summed E-state index contributed by atoms with van der Waals surface area (Å²) in [6.45, 7) is 4.06. The van der Waals surface area contributed by atoms with Gasteiger partial charge in [0.25, 0.3) is 5.91 Å². The van der Waals surface area contributed by atoms with E-state index in [1.165, 1.54) is 5.56 Å². The Morgan fingerprint density at radius 3 is 1.85 bits per heavy atom. The highest BCUT2D eigenvalue weighted by molar-refractivity contribution is 5.97. The van der Waals surface area contributed by atoms with Crippen LogP contribution in [-0.2, 0) is 16.1 Å². The van der Waals surface area contributed by atoms with Crippen molar-refractivity contribution >= 4 is 17.8 Å². The number of carbonyl (C=O) groups excluding carboxylic acids is 1. The number of hydrogen-bond donors (Lipinski definition) is 2. The Morgan fingerprint density at radius 1 is 0.800 bits per heavy atom. The number of piperazine rings is 1. The van der Waals surface area contributed by atoms with Crippen LogP contribution >= 0.6 is 0 Å². The summed E-state index contributed by atoms with van der Waals surface area (Å²) in [4.78, 5) is 39.3. The van der Waals surface area contributed by atoms with E-state index in [1.807, 2.05) is 53.7 Å². The molecule has 2 aromatic heterocycles. The number of halogens is 6. The van der Waals surface area contributed by atoms with Crippen LogP contribution in [0.3, 0.4) is 0 Å². The number of pyridine rings is 1. The van der Waals surface area contributed by atoms with Crippen LogP contribution in [0, 0.1) is 0 Å². The fraction of sp³-hybridized carbons (Fsp3) is 0.292. The van der Waals surface area contributed by atoms with E-state index in [-0.39, 0.29) is 5.91 Å². The van der Waals surface area contributed by atoms with Gasteiger partial charge in [-0.15, -0.1) is 0 Å². The lowest BCUT2D eigenvalue weighted by Gasteiger charge is -2.35. The number of carboxylic acid groups (broad SMARTS) is 2. The van der Waals surface area contributed by atoms with Gasteiger partial charge in [-0.25, -0.2) is 14.3 Å². The summed E-state index contributed by atoms with van der Waals surface area (Å²) in [6.07, 6.45) is -2.90. The molecule has 0 spiro atoms. The van der Waals surface area contributed by atoms with E-state index in [0.29, 0.717) is 5.56 Å².